The van der Waals surface area contributed by atoms with Crippen LogP contribution in [0.15, 0.2) is 24.3 Å². The van der Waals surface area contributed by atoms with Crippen LogP contribution < -0.4 is 5.73 Å². The summed E-state index contributed by atoms with van der Waals surface area (Å²) in [5.41, 5.74) is 7.77. The van der Waals surface area contributed by atoms with Gasteiger partial charge in [-0.15, -0.1) is 0 Å². The van der Waals surface area contributed by atoms with E-state index in [1.807, 2.05) is 29.2 Å². The highest BCUT2D eigenvalue weighted by Gasteiger charge is 2.28. The van der Waals surface area contributed by atoms with Gasteiger partial charge in [-0.1, -0.05) is 38.1 Å². The average Bonchev–Trinajstić information content (AvgIpc) is 2.99. The molecule has 1 amide bonds. The molecule has 1 atom stereocenters. The Morgan fingerprint density at radius 3 is 2.43 bits per heavy atom. The molecular weight excluding hydrogens is 262 g/mol. The fourth-order valence-electron chi connectivity index (χ4n) is 3.09. The summed E-state index contributed by atoms with van der Waals surface area (Å²) in [6.07, 6.45) is 1.59. The van der Waals surface area contributed by atoms with Crippen LogP contribution in [0.4, 0.5) is 0 Å². The van der Waals surface area contributed by atoms with E-state index in [9.17, 15) is 4.79 Å². The van der Waals surface area contributed by atoms with Gasteiger partial charge in [0.15, 0.2) is 0 Å². The second-order valence-corrected chi connectivity index (χ2v) is 5.70. The maximum atomic E-state index is 12.4. The van der Waals surface area contributed by atoms with Gasteiger partial charge in [-0.25, -0.2) is 0 Å². The Labute approximate surface area is 127 Å². The molecule has 0 spiro atoms. The van der Waals surface area contributed by atoms with Crippen molar-refractivity contribution in [3.63, 3.8) is 0 Å². The smallest absolute Gasteiger partial charge is 0.227 e. The summed E-state index contributed by atoms with van der Waals surface area (Å²) in [6.45, 7) is 8.81. The third-order valence-corrected chi connectivity index (χ3v) is 4.46. The summed E-state index contributed by atoms with van der Waals surface area (Å²) in [7, 11) is 0. The van der Waals surface area contributed by atoms with Crippen molar-refractivity contribution >= 4 is 5.91 Å². The van der Waals surface area contributed by atoms with Crippen LogP contribution in [-0.4, -0.2) is 47.9 Å². The summed E-state index contributed by atoms with van der Waals surface area (Å²) in [4.78, 5) is 16.9. The standard InChI is InChI=1S/C17H27N3O/c1-3-19(4-2)16-9-10-20(13-16)17(21)11-14-5-7-15(12-18)8-6-14/h5-8,16H,3-4,9-13,18H2,1-2H3. The molecule has 0 bridgehead atoms. The zero-order valence-corrected chi connectivity index (χ0v) is 13.2. The number of amides is 1. The van der Waals surface area contributed by atoms with Crippen molar-refractivity contribution in [2.24, 2.45) is 5.73 Å². The molecule has 1 aliphatic heterocycles. The molecule has 0 radical (unpaired) electrons. The molecule has 1 aliphatic rings. The second-order valence-electron chi connectivity index (χ2n) is 5.70. The van der Waals surface area contributed by atoms with Crippen LogP contribution in [0.3, 0.4) is 0 Å². The first-order valence-electron chi connectivity index (χ1n) is 7.97. The summed E-state index contributed by atoms with van der Waals surface area (Å²) in [6, 6.07) is 8.57. The fourth-order valence-corrected chi connectivity index (χ4v) is 3.09. The minimum Gasteiger partial charge on any atom is -0.341 e. The third kappa shape index (κ3) is 4.05. The van der Waals surface area contributed by atoms with Gasteiger partial charge in [0.2, 0.25) is 5.91 Å². The van der Waals surface area contributed by atoms with Gasteiger partial charge in [-0.2, -0.15) is 0 Å². The molecule has 0 aliphatic carbocycles. The van der Waals surface area contributed by atoms with Crippen LogP contribution >= 0.6 is 0 Å². The minimum absolute atomic E-state index is 0.241. The second kappa shape index (κ2) is 7.57. The Balaban J connectivity index is 1.89. The molecule has 1 unspecified atom stereocenters. The van der Waals surface area contributed by atoms with E-state index in [0.29, 0.717) is 19.0 Å². The van der Waals surface area contributed by atoms with Crippen molar-refractivity contribution in [1.29, 1.82) is 0 Å². The molecule has 1 heterocycles. The monoisotopic (exact) mass is 289 g/mol. The van der Waals surface area contributed by atoms with Crippen LogP contribution in [0.1, 0.15) is 31.4 Å². The molecule has 2 rings (SSSR count). The molecule has 1 fully saturated rings. The van der Waals surface area contributed by atoms with Gasteiger partial charge in [0.25, 0.3) is 0 Å². The van der Waals surface area contributed by atoms with E-state index in [-0.39, 0.29) is 5.91 Å². The van der Waals surface area contributed by atoms with Crippen LogP contribution in [-0.2, 0) is 17.8 Å². The molecule has 4 nitrogen and oxygen atoms in total. The van der Waals surface area contributed by atoms with Crippen LogP contribution in [0.5, 0.6) is 0 Å². The van der Waals surface area contributed by atoms with Gasteiger partial charge < -0.3 is 10.6 Å². The number of hydrogen-bond donors (Lipinski definition) is 1. The Kier molecular flexibility index (Phi) is 5.76. The van der Waals surface area contributed by atoms with Crippen LogP contribution in [0, 0.1) is 0 Å². The van der Waals surface area contributed by atoms with E-state index in [4.69, 9.17) is 5.73 Å². The maximum Gasteiger partial charge on any atom is 0.227 e. The van der Waals surface area contributed by atoms with E-state index in [2.05, 4.69) is 18.7 Å². The van der Waals surface area contributed by atoms with Gasteiger partial charge in [-0.05, 0) is 30.6 Å². The molecule has 2 N–H and O–H groups in total. The topological polar surface area (TPSA) is 49.6 Å². The molecule has 0 aromatic heterocycles. The Morgan fingerprint density at radius 2 is 1.86 bits per heavy atom. The number of benzene rings is 1. The van der Waals surface area contributed by atoms with E-state index in [1.165, 1.54) is 0 Å². The van der Waals surface area contributed by atoms with Crippen molar-refractivity contribution in [1.82, 2.24) is 9.80 Å². The Bertz CT molecular complexity index is 454. The minimum atomic E-state index is 0.241. The largest absolute Gasteiger partial charge is 0.341 e. The third-order valence-electron chi connectivity index (χ3n) is 4.46. The first-order chi connectivity index (χ1) is 10.2. The van der Waals surface area contributed by atoms with Crippen molar-refractivity contribution in [2.45, 2.75) is 39.3 Å². The normalized spacial score (nSPS) is 18.5. The average molecular weight is 289 g/mol. The Morgan fingerprint density at radius 1 is 1.24 bits per heavy atom. The van der Waals surface area contributed by atoms with Crippen molar-refractivity contribution < 1.29 is 4.79 Å². The van der Waals surface area contributed by atoms with Crippen LogP contribution in [0.2, 0.25) is 0 Å². The van der Waals surface area contributed by atoms with E-state index >= 15 is 0 Å². The van der Waals surface area contributed by atoms with Crippen LogP contribution in [0.25, 0.3) is 0 Å². The molecule has 1 saturated heterocycles. The van der Waals surface area contributed by atoms with Gasteiger partial charge in [-0.3, -0.25) is 9.69 Å². The predicted octanol–water partition coefficient (Wildman–Crippen LogP) is 1.63. The molecule has 21 heavy (non-hydrogen) atoms. The lowest BCUT2D eigenvalue weighted by molar-refractivity contribution is -0.129. The summed E-state index contributed by atoms with van der Waals surface area (Å²) >= 11 is 0. The summed E-state index contributed by atoms with van der Waals surface area (Å²) in [5.74, 6) is 0.241. The van der Waals surface area contributed by atoms with E-state index in [1.54, 1.807) is 0 Å². The number of rotatable bonds is 6. The maximum absolute atomic E-state index is 12.4. The van der Waals surface area contributed by atoms with Crippen molar-refractivity contribution in [3.8, 4) is 0 Å². The van der Waals surface area contributed by atoms with E-state index < -0.39 is 0 Å². The lowest BCUT2D eigenvalue weighted by atomic mass is 10.1. The first-order valence-corrected chi connectivity index (χ1v) is 7.97. The molecule has 116 valence electrons. The quantitative estimate of drug-likeness (QED) is 0.866. The van der Waals surface area contributed by atoms with Gasteiger partial charge >= 0.3 is 0 Å². The molecule has 0 saturated carbocycles. The number of carbonyl (C=O) groups excluding carboxylic acids is 1. The zero-order chi connectivity index (χ0) is 15.2. The number of likely N-dealkylation sites (N-methyl/N-ethyl adjacent to an activating group) is 1. The molecule has 1 aromatic rings. The SMILES string of the molecule is CCN(CC)C1CCN(C(=O)Cc2ccc(CN)cc2)C1. The Hall–Kier alpha value is -1.39. The van der Waals surface area contributed by atoms with Gasteiger partial charge in [0, 0.05) is 25.7 Å². The zero-order valence-electron chi connectivity index (χ0n) is 13.2. The molecule has 1 aromatic carbocycles. The fraction of sp³-hybridized carbons (Fsp3) is 0.588. The van der Waals surface area contributed by atoms with Gasteiger partial charge in [0.1, 0.15) is 0 Å². The highest BCUT2D eigenvalue weighted by atomic mass is 16.2. The van der Waals surface area contributed by atoms with Gasteiger partial charge in [0.05, 0.1) is 6.42 Å². The summed E-state index contributed by atoms with van der Waals surface area (Å²) < 4.78 is 0. The van der Waals surface area contributed by atoms with E-state index in [0.717, 1.165) is 43.7 Å². The number of likely N-dealkylation sites (tertiary alicyclic amines) is 1. The highest BCUT2D eigenvalue weighted by Crippen LogP contribution is 2.17. The molecular formula is C17H27N3O. The number of carbonyl (C=O) groups is 1. The van der Waals surface area contributed by atoms with Crippen molar-refractivity contribution in [3.05, 3.63) is 35.4 Å². The molecule has 4 heteroatoms. The lowest BCUT2D eigenvalue weighted by Gasteiger charge is -2.26. The highest BCUT2D eigenvalue weighted by molar-refractivity contribution is 5.79. The lowest BCUT2D eigenvalue weighted by Crippen LogP contribution is -2.39. The number of hydrogen-bond acceptors (Lipinski definition) is 3. The first kappa shape index (κ1) is 16.0. The number of nitrogens with two attached hydrogens (primary N) is 1. The predicted molar refractivity (Wildman–Crippen MR) is 85.9 cm³/mol. The number of nitrogens with zero attached hydrogens (tertiary/aromatic N) is 2. The van der Waals surface area contributed by atoms with Crippen molar-refractivity contribution in [2.75, 3.05) is 26.2 Å². The summed E-state index contributed by atoms with van der Waals surface area (Å²) in [5, 5.41) is 0.